The molecule has 4 heteroatoms. The van der Waals surface area contributed by atoms with E-state index in [9.17, 15) is 5.11 Å². The largest absolute Gasteiger partial charge is 0.390 e. The van der Waals surface area contributed by atoms with Crippen molar-refractivity contribution in [1.29, 1.82) is 0 Å². The fraction of sp³-hybridized carbons (Fsp3) is 0.500. The Morgan fingerprint density at radius 1 is 1.44 bits per heavy atom. The van der Waals surface area contributed by atoms with Crippen molar-refractivity contribution in [3.8, 4) is 0 Å². The molecule has 1 fully saturated rings. The van der Waals surface area contributed by atoms with Gasteiger partial charge in [-0.25, -0.2) is 0 Å². The lowest BCUT2D eigenvalue weighted by molar-refractivity contribution is -0.185. The van der Waals surface area contributed by atoms with E-state index in [4.69, 9.17) is 21.1 Å². The summed E-state index contributed by atoms with van der Waals surface area (Å²) in [7, 11) is 1.58. The van der Waals surface area contributed by atoms with Gasteiger partial charge in [0.25, 0.3) is 0 Å². The minimum Gasteiger partial charge on any atom is -0.390 e. The standard InChI is InChI=1S/C12H15ClO3/c1-15-12-10(14)6-11(12)16-7-8-4-2-3-5-9(8)13/h2-5,10-12,14H,6-7H2,1H3. The average molecular weight is 243 g/mol. The Labute approximate surface area is 99.9 Å². The zero-order valence-corrected chi connectivity index (χ0v) is 9.85. The summed E-state index contributed by atoms with van der Waals surface area (Å²) >= 11 is 6.01. The molecule has 16 heavy (non-hydrogen) atoms. The van der Waals surface area contributed by atoms with Crippen LogP contribution in [0.2, 0.25) is 5.02 Å². The Kier molecular flexibility index (Phi) is 3.82. The Morgan fingerprint density at radius 3 is 2.81 bits per heavy atom. The highest BCUT2D eigenvalue weighted by atomic mass is 35.5. The molecule has 0 aliphatic heterocycles. The van der Waals surface area contributed by atoms with Gasteiger partial charge in [0.15, 0.2) is 0 Å². The van der Waals surface area contributed by atoms with Crippen molar-refractivity contribution in [1.82, 2.24) is 0 Å². The molecule has 2 rings (SSSR count). The van der Waals surface area contributed by atoms with Crippen LogP contribution in [0.5, 0.6) is 0 Å². The first-order valence-electron chi connectivity index (χ1n) is 5.28. The van der Waals surface area contributed by atoms with Crippen LogP contribution in [0.4, 0.5) is 0 Å². The van der Waals surface area contributed by atoms with Crippen LogP contribution in [0.3, 0.4) is 0 Å². The fourth-order valence-electron chi connectivity index (χ4n) is 1.84. The first-order chi connectivity index (χ1) is 7.72. The van der Waals surface area contributed by atoms with E-state index in [2.05, 4.69) is 0 Å². The van der Waals surface area contributed by atoms with E-state index in [1.165, 1.54) is 0 Å². The molecule has 0 amide bonds. The lowest BCUT2D eigenvalue weighted by Gasteiger charge is -2.39. The van der Waals surface area contributed by atoms with E-state index in [-0.39, 0.29) is 12.2 Å². The van der Waals surface area contributed by atoms with Crippen LogP contribution >= 0.6 is 11.6 Å². The van der Waals surface area contributed by atoms with Crippen molar-refractivity contribution in [3.05, 3.63) is 34.9 Å². The van der Waals surface area contributed by atoms with Gasteiger partial charge < -0.3 is 14.6 Å². The number of ether oxygens (including phenoxy) is 2. The van der Waals surface area contributed by atoms with Gasteiger partial charge in [-0.15, -0.1) is 0 Å². The monoisotopic (exact) mass is 242 g/mol. The van der Waals surface area contributed by atoms with Crippen LogP contribution < -0.4 is 0 Å². The molecular formula is C12H15ClO3. The number of halogens is 1. The normalized spacial score (nSPS) is 28.8. The molecule has 0 bridgehead atoms. The maximum atomic E-state index is 9.40. The topological polar surface area (TPSA) is 38.7 Å². The number of aliphatic hydroxyl groups excluding tert-OH is 1. The molecule has 1 aromatic rings. The van der Waals surface area contributed by atoms with Gasteiger partial charge in [-0.1, -0.05) is 29.8 Å². The number of hydrogen-bond acceptors (Lipinski definition) is 3. The summed E-state index contributed by atoms with van der Waals surface area (Å²) in [5.41, 5.74) is 0.959. The fourth-order valence-corrected chi connectivity index (χ4v) is 2.03. The highest BCUT2D eigenvalue weighted by Gasteiger charge is 2.41. The molecule has 0 saturated heterocycles. The van der Waals surface area contributed by atoms with Crippen LogP contribution in [0.15, 0.2) is 24.3 Å². The minimum absolute atomic E-state index is 0.0312. The van der Waals surface area contributed by atoms with Gasteiger partial charge in [-0.05, 0) is 11.6 Å². The van der Waals surface area contributed by atoms with E-state index in [0.717, 1.165) is 5.56 Å². The summed E-state index contributed by atoms with van der Waals surface area (Å²) < 4.78 is 10.8. The van der Waals surface area contributed by atoms with E-state index >= 15 is 0 Å². The van der Waals surface area contributed by atoms with Gasteiger partial charge in [0.05, 0.1) is 18.8 Å². The third-order valence-electron chi connectivity index (χ3n) is 2.90. The van der Waals surface area contributed by atoms with Crippen molar-refractivity contribution in [2.45, 2.75) is 31.3 Å². The molecule has 1 saturated carbocycles. The summed E-state index contributed by atoms with van der Waals surface area (Å²) in [5, 5.41) is 10.1. The molecule has 1 N–H and O–H groups in total. The lowest BCUT2D eigenvalue weighted by atomic mass is 9.88. The molecule has 1 aliphatic carbocycles. The zero-order valence-electron chi connectivity index (χ0n) is 9.10. The lowest BCUT2D eigenvalue weighted by Crippen LogP contribution is -2.53. The van der Waals surface area contributed by atoms with Crippen LogP contribution in [0.1, 0.15) is 12.0 Å². The van der Waals surface area contributed by atoms with Crippen molar-refractivity contribution in [2.24, 2.45) is 0 Å². The molecule has 3 atom stereocenters. The number of hydrogen-bond donors (Lipinski definition) is 1. The van der Waals surface area contributed by atoms with Gasteiger partial charge in [-0.2, -0.15) is 0 Å². The molecule has 3 nitrogen and oxygen atoms in total. The number of methoxy groups -OCH3 is 1. The Balaban J connectivity index is 1.87. The van der Waals surface area contributed by atoms with Crippen LogP contribution in [-0.2, 0) is 16.1 Å². The van der Waals surface area contributed by atoms with E-state index in [1.807, 2.05) is 24.3 Å². The quantitative estimate of drug-likeness (QED) is 0.878. The molecule has 3 unspecified atom stereocenters. The van der Waals surface area contributed by atoms with Gasteiger partial charge in [-0.3, -0.25) is 0 Å². The highest BCUT2D eigenvalue weighted by Crippen LogP contribution is 2.28. The van der Waals surface area contributed by atoms with Crippen LogP contribution in [-0.4, -0.2) is 30.5 Å². The summed E-state index contributed by atoms with van der Waals surface area (Å²) in [6, 6.07) is 7.58. The van der Waals surface area contributed by atoms with Gasteiger partial charge in [0, 0.05) is 18.6 Å². The van der Waals surface area contributed by atoms with Crippen LogP contribution in [0.25, 0.3) is 0 Å². The second-order valence-electron chi connectivity index (χ2n) is 3.94. The van der Waals surface area contributed by atoms with Crippen LogP contribution in [0, 0.1) is 0 Å². The first kappa shape index (κ1) is 11.9. The van der Waals surface area contributed by atoms with E-state index < -0.39 is 6.10 Å². The summed E-state index contributed by atoms with van der Waals surface area (Å²) in [5.74, 6) is 0. The van der Waals surface area contributed by atoms with Crippen molar-refractivity contribution in [3.63, 3.8) is 0 Å². The maximum absolute atomic E-state index is 9.40. The summed E-state index contributed by atoms with van der Waals surface area (Å²) in [4.78, 5) is 0. The molecule has 88 valence electrons. The Hall–Kier alpha value is -0.610. The summed E-state index contributed by atoms with van der Waals surface area (Å²) in [6.45, 7) is 0.455. The third-order valence-corrected chi connectivity index (χ3v) is 3.27. The molecule has 0 heterocycles. The Morgan fingerprint density at radius 2 is 2.19 bits per heavy atom. The zero-order chi connectivity index (χ0) is 11.5. The van der Waals surface area contributed by atoms with Crippen molar-refractivity contribution < 1.29 is 14.6 Å². The van der Waals surface area contributed by atoms with E-state index in [0.29, 0.717) is 18.1 Å². The maximum Gasteiger partial charge on any atom is 0.109 e. The molecule has 1 aromatic carbocycles. The number of aliphatic hydroxyl groups is 1. The Bertz CT molecular complexity index is 356. The molecule has 1 aliphatic rings. The smallest absolute Gasteiger partial charge is 0.109 e. The molecule has 0 spiro atoms. The minimum atomic E-state index is -0.402. The highest BCUT2D eigenvalue weighted by molar-refractivity contribution is 6.31. The van der Waals surface area contributed by atoms with Crippen molar-refractivity contribution in [2.75, 3.05) is 7.11 Å². The predicted molar refractivity (Wildman–Crippen MR) is 61.4 cm³/mol. The van der Waals surface area contributed by atoms with E-state index in [1.54, 1.807) is 7.11 Å². The SMILES string of the molecule is COC1C(O)CC1OCc1ccccc1Cl. The predicted octanol–water partition coefficient (Wildman–Crippen LogP) is 2.00. The van der Waals surface area contributed by atoms with Crippen molar-refractivity contribution >= 4 is 11.6 Å². The number of benzene rings is 1. The first-order valence-corrected chi connectivity index (χ1v) is 5.66. The molecular weight excluding hydrogens is 228 g/mol. The van der Waals surface area contributed by atoms with Gasteiger partial charge >= 0.3 is 0 Å². The average Bonchev–Trinajstić information content (AvgIpc) is 2.26. The second kappa shape index (κ2) is 5.15. The third kappa shape index (κ3) is 2.38. The molecule has 0 aromatic heterocycles. The molecule has 0 radical (unpaired) electrons. The summed E-state index contributed by atoms with van der Waals surface area (Å²) in [6.07, 6.45) is -0.0109. The van der Waals surface area contributed by atoms with Gasteiger partial charge in [0.2, 0.25) is 0 Å². The van der Waals surface area contributed by atoms with Gasteiger partial charge in [0.1, 0.15) is 6.10 Å². The number of rotatable bonds is 4. The second-order valence-corrected chi connectivity index (χ2v) is 4.35.